The zero-order valence-corrected chi connectivity index (χ0v) is 17.4. The Morgan fingerprint density at radius 3 is 2.50 bits per heavy atom. The lowest BCUT2D eigenvalue weighted by Gasteiger charge is -2.65. The highest BCUT2D eigenvalue weighted by Crippen LogP contribution is 2.71. The van der Waals surface area contributed by atoms with E-state index in [1.165, 1.54) is 13.0 Å². The van der Waals surface area contributed by atoms with Gasteiger partial charge in [-0.25, -0.2) is 8.78 Å². The Balaban J connectivity index is 1.91. The summed E-state index contributed by atoms with van der Waals surface area (Å²) in [6.45, 7) is 3.29. The fourth-order valence-corrected chi connectivity index (χ4v) is 7.62. The fraction of sp³-hybridized carbons (Fsp3) is 0.818. The van der Waals surface area contributed by atoms with Gasteiger partial charge in [-0.3, -0.25) is 9.59 Å². The molecule has 0 aromatic heterocycles. The summed E-state index contributed by atoms with van der Waals surface area (Å²) in [5, 5.41) is 44.3. The van der Waals surface area contributed by atoms with E-state index in [2.05, 4.69) is 0 Å². The molecule has 4 N–H and O–H groups in total. The molecule has 0 heterocycles. The third-order valence-electron chi connectivity index (χ3n) is 9.26. The zero-order chi connectivity index (χ0) is 22.4. The largest absolute Gasteiger partial charge is 0.390 e. The summed E-state index contributed by atoms with van der Waals surface area (Å²) in [5.74, 6) is -4.07. The maximum atomic E-state index is 17.0. The third kappa shape index (κ3) is 2.21. The van der Waals surface area contributed by atoms with Crippen molar-refractivity contribution >= 4 is 11.6 Å². The normalized spacial score (nSPS) is 55.4. The zero-order valence-electron chi connectivity index (χ0n) is 17.4. The van der Waals surface area contributed by atoms with Crippen LogP contribution in [0.25, 0.3) is 0 Å². The van der Waals surface area contributed by atoms with Crippen molar-refractivity contribution in [3.63, 3.8) is 0 Å². The minimum atomic E-state index is -2.38. The van der Waals surface area contributed by atoms with E-state index in [-0.39, 0.29) is 37.0 Å². The van der Waals surface area contributed by atoms with Crippen LogP contribution in [0.15, 0.2) is 11.6 Å². The van der Waals surface area contributed by atoms with E-state index >= 15 is 4.39 Å². The number of carbonyl (C=O) groups is 2. The second-order valence-corrected chi connectivity index (χ2v) is 10.3. The lowest BCUT2D eigenvalue weighted by atomic mass is 9.42. The molecule has 10 atom stereocenters. The van der Waals surface area contributed by atoms with Gasteiger partial charge in [0.25, 0.3) is 0 Å². The SMILES string of the molecule is C[C@@H]1C[C@H]2[C@@H]3[C@@H](O)[C@@H](O)C4=CC(=O)CC[C@]4(C)[C@@]3(F)[C@@H](O)C[C@]2(C)[C@@]1(O)C(=O)CF. The van der Waals surface area contributed by atoms with Crippen LogP contribution in [-0.4, -0.2) is 68.2 Å². The molecule has 0 unspecified atom stereocenters. The Labute approximate surface area is 174 Å². The molecule has 0 aromatic rings. The topological polar surface area (TPSA) is 115 Å². The molecular weight excluding hydrogens is 398 g/mol. The number of Topliss-reactive ketones (excluding diaryl/α,β-unsaturated/α-hetero) is 1. The number of aliphatic hydroxyl groups is 4. The predicted octanol–water partition coefficient (Wildman–Crippen LogP) is 1.04. The number of halogens is 2. The Morgan fingerprint density at radius 1 is 1.27 bits per heavy atom. The van der Waals surface area contributed by atoms with Gasteiger partial charge in [-0.2, -0.15) is 0 Å². The highest BCUT2D eigenvalue weighted by atomic mass is 19.1. The highest BCUT2D eigenvalue weighted by Gasteiger charge is 2.78. The van der Waals surface area contributed by atoms with E-state index in [4.69, 9.17) is 0 Å². The van der Waals surface area contributed by atoms with Gasteiger partial charge >= 0.3 is 0 Å². The van der Waals surface area contributed by atoms with Gasteiger partial charge < -0.3 is 20.4 Å². The standard InChI is InChI=1S/C22H30F2O6/c1-10-6-12-16-18(29)17(28)13-7-11(25)4-5-19(13,2)21(16,24)14(26)8-20(12,3)22(10,30)15(27)9-23/h7,10,12,14,16-18,26,28-30H,4-6,8-9H2,1-3H3/t10-,12+,14+,16-,17+,18-,19+,20+,21-,22+/m1/s1. The van der Waals surface area contributed by atoms with Crippen LogP contribution in [0.5, 0.6) is 0 Å². The monoisotopic (exact) mass is 428 g/mol. The molecule has 4 aliphatic carbocycles. The average molecular weight is 428 g/mol. The molecule has 3 saturated carbocycles. The molecule has 3 fully saturated rings. The van der Waals surface area contributed by atoms with Gasteiger partial charge in [-0.1, -0.05) is 20.8 Å². The van der Waals surface area contributed by atoms with Crippen LogP contribution in [0.1, 0.15) is 46.5 Å². The molecule has 0 radical (unpaired) electrons. The smallest absolute Gasteiger partial charge is 0.196 e. The molecule has 0 spiro atoms. The van der Waals surface area contributed by atoms with Gasteiger partial charge in [0.05, 0.1) is 12.2 Å². The van der Waals surface area contributed by atoms with E-state index < -0.39 is 70.6 Å². The summed E-state index contributed by atoms with van der Waals surface area (Å²) in [5.41, 5.74) is -7.18. The number of hydrogen-bond acceptors (Lipinski definition) is 6. The van der Waals surface area contributed by atoms with Gasteiger partial charge in [-0.05, 0) is 42.7 Å². The Morgan fingerprint density at radius 2 is 1.90 bits per heavy atom. The summed E-state index contributed by atoms with van der Waals surface area (Å²) in [6, 6.07) is 0. The maximum Gasteiger partial charge on any atom is 0.196 e. The molecule has 0 aromatic carbocycles. The molecule has 0 aliphatic heterocycles. The second kappa shape index (κ2) is 6.40. The first-order chi connectivity index (χ1) is 13.8. The van der Waals surface area contributed by atoms with Gasteiger partial charge in [-0.15, -0.1) is 0 Å². The quantitative estimate of drug-likeness (QED) is 0.523. The minimum Gasteiger partial charge on any atom is -0.390 e. The van der Waals surface area contributed by atoms with E-state index in [0.717, 1.165) is 0 Å². The molecule has 6 nitrogen and oxygen atoms in total. The maximum absolute atomic E-state index is 17.0. The van der Waals surface area contributed by atoms with Crippen molar-refractivity contribution in [2.45, 2.75) is 76.0 Å². The summed E-state index contributed by atoms with van der Waals surface area (Å²) in [7, 11) is 0. The molecule has 0 saturated heterocycles. The van der Waals surface area contributed by atoms with E-state index in [1.54, 1.807) is 13.8 Å². The predicted molar refractivity (Wildman–Crippen MR) is 102 cm³/mol. The van der Waals surface area contributed by atoms with Gasteiger partial charge in [0, 0.05) is 23.2 Å². The van der Waals surface area contributed by atoms with Crippen LogP contribution < -0.4 is 0 Å². The fourth-order valence-electron chi connectivity index (χ4n) is 7.62. The van der Waals surface area contributed by atoms with Gasteiger partial charge in [0.1, 0.15) is 11.7 Å². The van der Waals surface area contributed by atoms with E-state index in [1.807, 2.05) is 0 Å². The summed E-state index contributed by atoms with van der Waals surface area (Å²) in [6.07, 6.45) is -3.70. The summed E-state index contributed by atoms with van der Waals surface area (Å²) in [4.78, 5) is 24.4. The first-order valence-corrected chi connectivity index (χ1v) is 10.6. The molecule has 0 bridgehead atoms. The van der Waals surface area contributed by atoms with E-state index in [9.17, 15) is 34.4 Å². The van der Waals surface area contributed by atoms with Crippen LogP contribution >= 0.6 is 0 Å². The van der Waals surface area contributed by atoms with Crippen LogP contribution in [0, 0.1) is 28.6 Å². The van der Waals surface area contributed by atoms with Crippen molar-refractivity contribution in [2.24, 2.45) is 28.6 Å². The van der Waals surface area contributed by atoms with Crippen LogP contribution in [0.4, 0.5) is 8.78 Å². The molecule has 8 heteroatoms. The molecule has 30 heavy (non-hydrogen) atoms. The second-order valence-electron chi connectivity index (χ2n) is 10.3. The Bertz CT molecular complexity index is 830. The third-order valence-corrected chi connectivity index (χ3v) is 9.26. The van der Waals surface area contributed by atoms with E-state index in [0.29, 0.717) is 0 Å². The number of alkyl halides is 2. The first kappa shape index (κ1) is 22.0. The average Bonchev–Trinajstić information content (AvgIpc) is 2.89. The summed E-state index contributed by atoms with van der Waals surface area (Å²) >= 11 is 0. The Kier molecular flexibility index (Phi) is 4.69. The molecule has 0 amide bonds. The minimum absolute atomic E-state index is 0.0521. The number of hydrogen-bond donors (Lipinski definition) is 4. The number of aliphatic hydroxyl groups excluding tert-OH is 3. The first-order valence-electron chi connectivity index (χ1n) is 10.6. The van der Waals surface area contributed by atoms with Crippen LogP contribution in [0.3, 0.4) is 0 Å². The highest BCUT2D eigenvalue weighted by molar-refractivity contribution is 5.92. The van der Waals surface area contributed by atoms with Crippen molar-refractivity contribution in [3.05, 3.63) is 11.6 Å². The lowest BCUT2D eigenvalue weighted by molar-refractivity contribution is -0.261. The number of fused-ring (bicyclic) bond motifs is 5. The number of carbonyl (C=O) groups excluding carboxylic acids is 2. The number of ketones is 2. The van der Waals surface area contributed by atoms with Crippen LogP contribution in [0.2, 0.25) is 0 Å². The van der Waals surface area contributed by atoms with Crippen molar-refractivity contribution in [2.75, 3.05) is 6.67 Å². The molecule has 4 rings (SSSR count). The lowest BCUT2D eigenvalue weighted by Crippen LogP contribution is -2.74. The molecular formula is C22H30F2O6. The van der Waals surface area contributed by atoms with Crippen LogP contribution in [-0.2, 0) is 9.59 Å². The van der Waals surface area contributed by atoms with Crippen molar-refractivity contribution in [3.8, 4) is 0 Å². The van der Waals surface area contributed by atoms with Crippen molar-refractivity contribution < 1.29 is 38.8 Å². The van der Waals surface area contributed by atoms with Crippen molar-refractivity contribution in [1.82, 2.24) is 0 Å². The summed E-state index contributed by atoms with van der Waals surface area (Å²) < 4.78 is 30.4. The molecule has 4 aliphatic rings. The molecule has 168 valence electrons. The van der Waals surface area contributed by atoms with Gasteiger partial charge in [0.2, 0.25) is 0 Å². The number of rotatable bonds is 2. The van der Waals surface area contributed by atoms with Gasteiger partial charge in [0.15, 0.2) is 23.9 Å². The Hall–Kier alpha value is -1.22. The van der Waals surface area contributed by atoms with Crippen molar-refractivity contribution in [1.29, 1.82) is 0 Å².